The second-order valence-electron chi connectivity index (χ2n) is 5.32. The predicted octanol–water partition coefficient (Wildman–Crippen LogP) is 2.75. The van der Waals surface area contributed by atoms with Gasteiger partial charge in [-0.2, -0.15) is 0 Å². The molecule has 1 aromatic rings. The van der Waals surface area contributed by atoms with Crippen molar-refractivity contribution in [2.75, 3.05) is 26.3 Å². The average Bonchev–Trinajstić information content (AvgIpc) is 2.86. The molecule has 118 valence electrons. The number of benzene rings is 1. The van der Waals surface area contributed by atoms with E-state index in [0.29, 0.717) is 34.4 Å². The lowest BCUT2D eigenvalue weighted by Crippen LogP contribution is -2.35. The summed E-state index contributed by atoms with van der Waals surface area (Å²) in [7, 11) is 0. The first-order valence-electron chi connectivity index (χ1n) is 7.14. The summed E-state index contributed by atoms with van der Waals surface area (Å²) < 4.78 is 11.0. The van der Waals surface area contributed by atoms with Crippen molar-refractivity contribution in [3.8, 4) is 5.75 Å². The van der Waals surface area contributed by atoms with Gasteiger partial charge < -0.3 is 19.9 Å². The van der Waals surface area contributed by atoms with Gasteiger partial charge in [-0.05, 0) is 31.4 Å². The van der Waals surface area contributed by atoms with E-state index < -0.39 is 6.10 Å². The minimum absolute atomic E-state index is 0.210. The first-order chi connectivity index (χ1) is 10.1. The van der Waals surface area contributed by atoms with Gasteiger partial charge in [-0.1, -0.05) is 23.2 Å². The Morgan fingerprint density at radius 3 is 2.90 bits per heavy atom. The fourth-order valence-corrected chi connectivity index (χ4v) is 2.59. The third kappa shape index (κ3) is 5.31. The molecule has 1 aliphatic rings. The maximum absolute atomic E-state index is 9.90. The molecule has 1 heterocycles. The van der Waals surface area contributed by atoms with E-state index in [1.165, 1.54) is 0 Å². The smallest absolute Gasteiger partial charge is 0.121 e. The molecule has 0 radical (unpaired) electrons. The lowest BCUT2D eigenvalue weighted by atomic mass is 10.0. The highest BCUT2D eigenvalue weighted by molar-refractivity contribution is 6.42. The number of hydrogen-bond donors (Lipinski definition) is 2. The van der Waals surface area contributed by atoms with Gasteiger partial charge in [-0.15, -0.1) is 0 Å². The Morgan fingerprint density at radius 2 is 2.24 bits per heavy atom. The van der Waals surface area contributed by atoms with Crippen LogP contribution in [0, 0.1) is 5.92 Å². The Balaban J connectivity index is 1.65. The van der Waals surface area contributed by atoms with Crippen LogP contribution in [0.3, 0.4) is 0 Å². The molecular formula is C15H21Cl2NO3. The number of ether oxygens (including phenoxy) is 2. The van der Waals surface area contributed by atoms with Crippen LogP contribution in [-0.2, 0) is 4.74 Å². The van der Waals surface area contributed by atoms with Gasteiger partial charge in [0.25, 0.3) is 0 Å². The molecule has 0 saturated carbocycles. The quantitative estimate of drug-likeness (QED) is 0.805. The van der Waals surface area contributed by atoms with Crippen molar-refractivity contribution in [2.45, 2.75) is 25.6 Å². The van der Waals surface area contributed by atoms with Crippen LogP contribution in [0.5, 0.6) is 5.75 Å². The summed E-state index contributed by atoms with van der Waals surface area (Å²) in [6, 6.07) is 5.04. The van der Waals surface area contributed by atoms with Crippen LogP contribution in [-0.4, -0.2) is 43.6 Å². The molecule has 1 saturated heterocycles. The zero-order valence-corrected chi connectivity index (χ0v) is 13.5. The van der Waals surface area contributed by atoms with Crippen LogP contribution >= 0.6 is 23.2 Å². The third-order valence-electron chi connectivity index (χ3n) is 3.65. The average molecular weight is 334 g/mol. The zero-order chi connectivity index (χ0) is 15.2. The number of aliphatic hydroxyl groups excluding tert-OH is 1. The van der Waals surface area contributed by atoms with E-state index in [9.17, 15) is 5.11 Å². The number of nitrogens with one attached hydrogen (secondary N) is 1. The zero-order valence-electron chi connectivity index (χ0n) is 12.0. The van der Waals surface area contributed by atoms with E-state index in [1.807, 2.05) is 0 Å². The topological polar surface area (TPSA) is 50.7 Å². The van der Waals surface area contributed by atoms with Crippen LogP contribution in [0.25, 0.3) is 0 Å². The summed E-state index contributed by atoms with van der Waals surface area (Å²) in [5, 5.41) is 14.1. The Bertz CT molecular complexity index is 459. The summed E-state index contributed by atoms with van der Waals surface area (Å²) >= 11 is 11.7. The molecule has 2 N–H and O–H groups in total. The maximum atomic E-state index is 9.90. The largest absolute Gasteiger partial charge is 0.491 e. The molecule has 2 rings (SSSR count). The molecule has 0 aliphatic carbocycles. The molecular weight excluding hydrogens is 313 g/mol. The summed E-state index contributed by atoms with van der Waals surface area (Å²) in [5.74, 6) is 1.12. The van der Waals surface area contributed by atoms with Gasteiger partial charge in [0.2, 0.25) is 0 Å². The molecule has 1 fully saturated rings. The fourth-order valence-electron chi connectivity index (χ4n) is 2.30. The van der Waals surface area contributed by atoms with Crippen LogP contribution < -0.4 is 10.1 Å². The van der Waals surface area contributed by atoms with Crippen molar-refractivity contribution >= 4 is 23.2 Å². The van der Waals surface area contributed by atoms with Crippen LogP contribution in [0.4, 0.5) is 0 Å². The Labute approximate surface area is 135 Å². The van der Waals surface area contributed by atoms with Gasteiger partial charge in [0, 0.05) is 25.8 Å². The molecule has 1 aromatic carbocycles. The van der Waals surface area contributed by atoms with Crippen molar-refractivity contribution in [3.63, 3.8) is 0 Å². The number of rotatable bonds is 7. The number of aliphatic hydroxyl groups is 1. The molecule has 6 heteroatoms. The van der Waals surface area contributed by atoms with E-state index in [-0.39, 0.29) is 6.61 Å². The van der Waals surface area contributed by atoms with Gasteiger partial charge in [-0.3, -0.25) is 0 Å². The molecule has 0 spiro atoms. The number of halogens is 2. The molecule has 0 bridgehead atoms. The van der Waals surface area contributed by atoms with Crippen LogP contribution in [0.15, 0.2) is 18.2 Å². The van der Waals surface area contributed by atoms with Crippen LogP contribution in [0.2, 0.25) is 10.0 Å². The van der Waals surface area contributed by atoms with Crippen molar-refractivity contribution in [2.24, 2.45) is 5.92 Å². The van der Waals surface area contributed by atoms with Gasteiger partial charge in [0.1, 0.15) is 18.5 Å². The van der Waals surface area contributed by atoms with E-state index in [2.05, 4.69) is 12.2 Å². The second kappa shape index (κ2) is 8.20. The SMILES string of the molecule is CC1OCCC1CNCC(O)COc1ccc(Cl)c(Cl)c1. The summed E-state index contributed by atoms with van der Waals surface area (Å²) in [6.45, 7) is 4.47. The standard InChI is InChI=1S/C15H21Cl2NO3/c1-10-11(4-5-20-10)7-18-8-12(19)9-21-13-2-3-14(16)15(17)6-13/h2-3,6,10-12,18-19H,4-5,7-9H2,1H3. The minimum Gasteiger partial charge on any atom is -0.491 e. The third-order valence-corrected chi connectivity index (χ3v) is 4.39. The van der Waals surface area contributed by atoms with Gasteiger partial charge >= 0.3 is 0 Å². The summed E-state index contributed by atoms with van der Waals surface area (Å²) in [5.41, 5.74) is 0. The molecule has 4 nitrogen and oxygen atoms in total. The number of hydrogen-bond acceptors (Lipinski definition) is 4. The Hall–Kier alpha value is -0.520. The van der Waals surface area contributed by atoms with Gasteiger partial charge in [0.05, 0.1) is 16.1 Å². The second-order valence-corrected chi connectivity index (χ2v) is 6.14. The van der Waals surface area contributed by atoms with E-state index in [1.54, 1.807) is 18.2 Å². The summed E-state index contributed by atoms with van der Waals surface area (Å²) in [4.78, 5) is 0. The molecule has 3 atom stereocenters. The monoisotopic (exact) mass is 333 g/mol. The van der Waals surface area contributed by atoms with Crippen molar-refractivity contribution in [3.05, 3.63) is 28.2 Å². The van der Waals surface area contributed by atoms with Gasteiger partial charge in [0.15, 0.2) is 0 Å². The highest BCUT2D eigenvalue weighted by atomic mass is 35.5. The highest BCUT2D eigenvalue weighted by Crippen LogP contribution is 2.26. The molecule has 3 unspecified atom stereocenters. The van der Waals surface area contributed by atoms with Crippen molar-refractivity contribution in [1.29, 1.82) is 0 Å². The Kier molecular flexibility index (Phi) is 6.58. The normalized spacial score (nSPS) is 23.2. The minimum atomic E-state index is -0.572. The van der Waals surface area contributed by atoms with E-state index in [4.69, 9.17) is 32.7 Å². The Morgan fingerprint density at radius 1 is 1.43 bits per heavy atom. The first-order valence-corrected chi connectivity index (χ1v) is 7.90. The van der Waals surface area contributed by atoms with Crippen molar-refractivity contribution in [1.82, 2.24) is 5.32 Å². The molecule has 0 aromatic heterocycles. The lowest BCUT2D eigenvalue weighted by molar-refractivity contribution is 0.0946. The maximum Gasteiger partial charge on any atom is 0.121 e. The van der Waals surface area contributed by atoms with Crippen LogP contribution in [0.1, 0.15) is 13.3 Å². The molecule has 1 aliphatic heterocycles. The first kappa shape index (κ1) is 16.8. The van der Waals surface area contributed by atoms with E-state index in [0.717, 1.165) is 19.6 Å². The summed E-state index contributed by atoms with van der Waals surface area (Å²) in [6.07, 6.45) is 0.795. The highest BCUT2D eigenvalue weighted by Gasteiger charge is 2.23. The lowest BCUT2D eigenvalue weighted by Gasteiger charge is -2.17. The fraction of sp³-hybridized carbons (Fsp3) is 0.600. The van der Waals surface area contributed by atoms with Gasteiger partial charge in [-0.25, -0.2) is 0 Å². The van der Waals surface area contributed by atoms with E-state index >= 15 is 0 Å². The van der Waals surface area contributed by atoms with Crippen molar-refractivity contribution < 1.29 is 14.6 Å². The molecule has 21 heavy (non-hydrogen) atoms. The predicted molar refractivity (Wildman–Crippen MR) is 84.4 cm³/mol. The molecule has 0 amide bonds.